The number of hydrogen-bond acceptors (Lipinski definition) is 4. The molecule has 31 heavy (non-hydrogen) atoms. The van der Waals surface area contributed by atoms with Crippen LogP contribution in [-0.4, -0.2) is 35.0 Å². The molecule has 1 aromatic carbocycles. The Kier molecular flexibility index (Phi) is 15.3. The van der Waals surface area contributed by atoms with Gasteiger partial charge in [0.15, 0.2) is 0 Å². The van der Waals surface area contributed by atoms with Crippen LogP contribution >= 0.6 is 0 Å². The van der Waals surface area contributed by atoms with Crippen LogP contribution in [0.3, 0.4) is 0 Å². The summed E-state index contributed by atoms with van der Waals surface area (Å²) in [5.41, 5.74) is 0.508. The van der Waals surface area contributed by atoms with E-state index in [0.29, 0.717) is 12.0 Å². The Bertz CT molecular complexity index is 560. The van der Waals surface area contributed by atoms with E-state index >= 15 is 0 Å². The maximum Gasteiger partial charge on any atom is 0.338 e. The molecular formula is C27H46O4. The molecule has 0 bridgehead atoms. The summed E-state index contributed by atoms with van der Waals surface area (Å²) < 4.78 is 5.33. The number of hydrogen-bond donors (Lipinski definition) is 2. The van der Waals surface area contributed by atoms with E-state index in [4.69, 9.17) is 4.74 Å². The van der Waals surface area contributed by atoms with Gasteiger partial charge in [0.05, 0.1) is 24.4 Å². The zero-order valence-corrected chi connectivity index (χ0v) is 20.1. The molecule has 0 fully saturated rings. The summed E-state index contributed by atoms with van der Waals surface area (Å²) in [5, 5.41) is 21.0. The summed E-state index contributed by atoms with van der Waals surface area (Å²) in [6, 6.07) is 8.86. The standard InChI is InChI=1S/C27H46O4/c1-4-5-6-7-8-9-10-11-12-13-17-20-25(28)23(3)26(29)22(2)21-31-27(30)24-18-15-14-16-19-24/h14-16,18-19,22-23,25-26,28-29H,4-13,17,20-21H2,1-3H3/t22-,23-,25-,26-/m0/s1. The van der Waals surface area contributed by atoms with Gasteiger partial charge in [0, 0.05) is 11.8 Å². The molecule has 4 heteroatoms. The predicted octanol–water partition coefficient (Wildman–Crippen LogP) is 6.54. The van der Waals surface area contributed by atoms with Crippen molar-refractivity contribution in [3.8, 4) is 0 Å². The molecule has 0 amide bonds. The summed E-state index contributed by atoms with van der Waals surface area (Å²) >= 11 is 0. The second kappa shape index (κ2) is 17.2. The van der Waals surface area contributed by atoms with Gasteiger partial charge in [-0.05, 0) is 18.6 Å². The lowest BCUT2D eigenvalue weighted by molar-refractivity contribution is -0.0283. The topological polar surface area (TPSA) is 66.8 Å². The third-order valence-corrected chi connectivity index (χ3v) is 6.32. The highest BCUT2D eigenvalue weighted by atomic mass is 16.5. The Morgan fingerprint density at radius 2 is 1.35 bits per heavy atom. The van der Waals surface area contributed by atoms with E-state index in [2.05, 4.69) is 6.92 Å². The van der Waals surface area contributed by atoms with Gasteiger partial charge in [-0.3, -0.25) is 0 Å². The molecule has 0 saturated heterocycles. The van der Waals surface area contributed by atoms with E-state index in [0.717, 1.165) is 12.8 Å². The number of ether oxygens (including phenoxy) is 1. The van der Waals surface area contributed by atoms with E-state index < -0.39 is 12.2 Å². The lowest BCUT2D eigenvalue weighted by Gasteiger charge is -2.28. The van der Waals surface area contributed by atoms with Crippen LogP contribution < -0.4 is 0 Å². The monoisotopic (exact) mass is 434 g/mol. The first-order chi connectivity index (χ1) is 15.0. The summed E-state index contributed by atoms with van der Waals surface area (Å²) in [6.07, 6.45) is 13.6. The summed E-state index contributed by atoms with van der Waals surface area (Å²) in [5.74, 6) is -0.850. The highest BCUT2D eigenvalue weighted by molar-refractivity contribution is 5.89. The van der Waals surface area contributed by atoms with Crippen LogP contribution in [0.25, 0.3) is 0 Å². The smallest absolute Gasteiger partial charge is 0.338 e. The van der Waals surface area contributed by atoms with Gasteiger partial charge in [-0.2, -0.15) is 0 Å². The van der Waals surface area contributed by atoms with Crippen LogP contribution in [0.1, 0.15) is 108 Å². The summed E-state index contributed by atoms with van der Waals surface area (Å²) in [4.78, 5) is 12.0. The predicted molar refractivity (Wildman–Crippen MR) is 128 cm³/mol. The Morgan fingerprint density at radius 1 is 0.839 bits per heavy atom. The van der Waals surface area contributed by atoms with Crippen molar-refractivity contribution in [2.24, 2.45) is 11.8 Å². The second-order valence-corrected chi connectivity index (χ2v) is 9.18. The van der Waals surface area contributed by atoms with Crippen LogP contribution in [0.15, 0.2) is 30.3 Å². The number of unbranched alkanes of at least 4 members (excludes halogenated alkanes) is 10. The van der Waals surface area contributed by atoms with Crippen LogP contribution in [0.4, 0.5) is 0 Å². The summed E-state index contributed by atoms with van der Waals surface area (Å²) in [7, 11) is 0. The average molecular weight is 435 g/mol. The number of aliphatic hydroxyl groups is 2. The van der Waals surface area contributed by atoms with E-state index in [1.54, 1.807) is 24.3 Å². The molecule has 2 N–H and O–H groups in total. The minimum Gasteiger partial charge on any atom is -0.462 e. The highest BCUT2D eigenvalue weighted by Gasteiger charge is 2.27. The average Bonchev–Trinajstić information content (AvgIpc) is 2.80. The molecule has 178 valence electrons. The fraction of sp³-hybridized carbons (Fsp3) is 0.741. The molecular weight excluding hydrogens is 388 g/mol. The van der Waals surface area contributed by atoms with Gasteiger partial charge in [0.1, 0.15) is 0 Å². The zero-order chi connectivity index (χ0) is 22.9. The van der Waals surface area contributed by atoms with E-state index in [9.17, 15) is 15.0 Å². The van der Waals surface area contributed by atoms with Gasteiger partial charge in [-0.25, -0.2) is 4.79 Å². The molecule has 0 aliphatic carbocycles. The molecule has 1 aromatic rings. The van der Waals surface area contributed by atoms with Crippen molar-refractivity contribution in [2.45, 2.75) is 110 Å². The maximum atomic E-state index is 12.0. The van der Waals surface area contributed by atoms with E-state index in [-0.39, 0.29) is 24.4 Å². The third-order valence-electron chi connectivity index (χ3n) is 6.32. The molecule has 0 radical (unpaired) electrons. The third kappa shape index (κ3) is 12.3. The minimum absolute atomic E-state index is 0.143. The van der Waals surface area contributed by atoms with Crippen LogP contribution in [-0.2, 0) is 4.74 Å². The molecule has 0 saturated carbocycles. The molecule has 0 unspecified atom stereocenters. The van der Waals surface area contributed by atoms with Gasteiger partial charge in [-0.15, -0.1) is 0 Å². The largest absolute Gasteiger partial charge is 0.462 e. The SMILES string of the molecule is CCCCCCCCCCCCC[C@H](O)[C@H](C)[C@@H](O)[C@@H](C)COC(=O)c1ccccc1. The number of aliphatic hydroxyl groups excluding tert-OH is 2. The van der Waals surface area contributed by atoms with Gasteiger partial charge in [-0.1, -0.05) is 110 Å². The fourth-order valence-electron chi connectivity index (χ4n) is 3.99. The van der Waals surface area contributed by atoms with Crippen molar-refractivity contribution in [1.82, 2.24) is 0 Å². The van der Waals surface area contributed by atoms with E-state index in [1.807, 2.05) is 19.9 Å². The Hall–Kier alpha value is -1.39. The molecule has 0 aromatic heterocycles. The fourth-order valence-corrected chi connectivity index (χ4v) is 3.99. The normalized spacial score (nSPS) is 15.3. The zero-order valence-electron chi connectivity index (χ0n) is 20.1. The quantitative estimate of drug-likeness (QED) is 0.203. The lowest BCUT2D eigenvalue weighted by Crippen LogP contribution is -2.36. The van der Waals surface area contributed by atoms with Gasteiger partial charge in [0.25, 0.3) is 0 Å². The molecule has 0 heterocycles. The van der Waals surface area contributed by atoms with Crippen LogP contribution in [0.2, 0.25) is 0 Å². The van der Waals surface area contributed by atoms with Gasteiger partial charge >= 0.3 is 5.97 Å². The number of carbonyl (C=O) groups excluding carboxylic acids is 1. The van der Waals surface area contributed by atoms with Gasteiger partial charge < -0.3 is 14.9 Å². The molecule has 0 aliphatic rings. The first-order valence-electron chi connectivity index (χ1n) is 12.6. The molecule has 1 rings (SSSR count). The maximum absolute atomic E-state index is 12.0. The number of esters is 1. The van der Waals surface area contributed by atoms with Crippen molar-refractivity contribution in [3.05, 3.63) is 35.9 Å². The Labute approximate surface area is 190 Å². The van der Waals surface area contributed by atoms with Crippen molar-refractivity contribution in [1.29, 1.82) is 0 Å². The highest BCUT2D eigenvalue weighted by Crippen LogP contribution is 2.21. The molecule has 0 spiro atoms. The molecule has 4 nitrogen and oxygen atoms in total. The van der Waals surface area contributed by atoms with Crippen molar-refractivity contribution < 1.29 is 19.7 Å². The van der Waals surface area contributed by atoms with Crippen molar-refractivity contribution in [2.75, 3.05) is 6.61 Å². The number of rotatable bonds is 18. The minimum atomic E-state index is -0.703. The van der Waals surface area contributed by atoms with E-state index in [1.165, 1.54) is 57.8 Å². The molecule has 4 atom stereocenters. The Morgan fingerprint density at radius 3 is 1.90 bits per heavy atom. The first kappa shape index (κ1) is 27.6. The van der Waals surface area contributed by atoms with Crippen LogP contribution in [0, 0.1) is 11.8 Å². The summed E-state index contributed by atoms with van der Waals surface area (Å²) in [6.45, 7) is 6.13. The Balaban J connectivity index is 2.12. The van der Waals surface area contributed by atoms with Gasteiger partial charge in [0.2, 0.25) is 0 Å². The first-order valence-corrected chi connectivity index (χ1v) is 12.6. The van der Waals surface area contributed by atoms with Crippen molar-refractivity contribution >= 4 is 5.97 Å². The molecule has 0 aliphatic heterocycles. The van der Waals surface area contributed by atoms with Crippen LogP contribution in [0.5, 0.6) is 0 Å². The number of carbonyl (C=O) groups is 1. The second-order valence-electron chi connectivity index (χ2n) is 9.18. The van der Waals surface area contributed by atoms with Crippen molar-refractivity contribution in [3.63, 3.8) is 0 Å². The number of benzene rings is 1. The lowest BCUT2D eigenvalue weighted by atomic mass is 9.87.